The first-order valence-corrected chi connectivity index (χ1v) is 12.1. The number of nitrogens with zero attached hydrogens (tertiary/aromatic N) is 2. The average Bonchev–Trinajstić information content (AvgIpc) is 3.32. The van der Waals surface area contributed by atoms with Crippen LogP contribution in [0, 0.1) is 0 Å². The maximum atomic E-state index is 12.6. The highest BCUT2D eigenvalue weighted by atomic mass is 32.1. The standard InChI is InChI=1S/C26H31N3O3S/c1-25(2)20-17-19(24(30)27-10-15-33)5-7-21(20)29-12-14-32-26(25,29)9-8-18-4-6-22-23(16-18)31-13-11-28(22)3/h4-9,16-17,33H,10-15H2,1-3H3,(H,27,30)/b9-8+. The van der Waals surface area contributed by atoms with E-state index in [9.17, 15) is 4.79 Å². The zero-order valence-corrected chi connectivity index (χ0v) is 20.3. The van der Waals surface area contributed by atoms with E-state index in [1.54, 1.807) is 0 Å². The highest BCUT2D eigenvalue weighted by molar-refractivity contribution is 7.80. The molecule has 1 atom stereocenters. The van der Waals surface area contributed by atoms with Crippen LogP contribution >= 0.6 is 12.6 Å². The number of benzene rings is 2. The number of amides is 1. The molecule has 1 unspecified atom stereocenters. The lowest BCUT2D eigenvalue weighted by Gasteiger charge is -2.39. The first-order valence-electron chi connectivity index (χ1n) is 11.5. The molecule has 6 nitrogen and oxygen atoms in total. The highest BCUT2D eigenvalue weighted by Gasteiger charge is 2.59. The van der Waals surface area contributed by atoms with Gasteiger partial charge in [-0.15, -0.1) is 0 Å². The molecule has 5 rings (SSSR count). The maximum absolute atomic E-state index is 12.6. The van der Waals surface area contributed by atoms with Crippen LogP contribution in [-0.4, -0.2) is 57.3 Å². The summed E-state index contributed by atoms with van der Waals surface area (Å²) < 4.78 is 12.4. The zero-order valence-electron chi connectivity index (χ0n) is 19.4. The third-order valence-electron chi connectivity index (χ3n) is 7.13. The molecule has 1 saturated heterocycles. The van der Waals surface area contributed by atoms with E-state index in [2.05, 4.69) is 85.1 Å². The zero-order chi connectivity index (χ0) is 23.2. The van der Waals surface area contributed by atoms with Crippen molar-refractivity contribution in [2.45, 2.75) is 25.0 Å². The summed E-state index contributed by atoms with van der Waals surface area (Å²) in [5, 5.41) is 2.91. The number of nitrogens with one attached hydrogen (secondary N) is 1. The Hall–Kier alpha value is -2.64. The Morgan fingerprint density at radius 3 is 2.79 bits per heavy atom. The van der Waals surface area contributed by atoms with Crippen molar-refractivity contribution in [3.8, 4) is 5.75 Å². The van der Waals surface area contributed by atoms with Crippen LogP contribution in [0.25, 0.3) is 6.08 Å². The van der Waals surface area contributed by atoms with Gasteiger partial charge in [0, 0.05) is 42.6 Å². The van der Waals surface area contributed by atoms with Crippen molar-refractivity contribution in [3.63, 3.8) is 0 Å². The fraction of sp³-hybridized carbons (Fsp3) is 0.423. The second-order valence-corrected chi connectivity index (χ2v) is 9.81. The van der Waals surface area contributed by atoms with E-state index in [-0.39, 0.29) is 11.3 Å². The van der Waals surface area contributed by atoms with Gasteiger partial charge in [0.25, 0.3) is 5.91 Å². The molecule has 3 aliphatic heterocycles. The Bertz CT molecular complexity index is 1120. The quantitative estimate of drug-likeness (QED) is 0.660. The van der Waals surface area contributed by atoms with E-state index in [0.717, 1.165) is 41.3 Å². The summed E-state index contributed by atoms with van der Waals surface area (Å²) in [4.78, 5) is 17.1. The van der Waals surface area contributed by atoms with Crippen molar-refractivity contribution in [1.29, 1.82) is 0 Å². The van der Waals surface area contributed by atoms with Gasteiger partial charge in [-0.3, -0.25) is 4.79 Å². The lowest BCUT2D eigenvalue weighted by Crippen LogP contribution is -2.51. The Labute approximate surface area is 201 Å². The maximum Gasteiger partial charge on any atom is 0.251 e. The molecule has 0 aromatic heterocycles. The molecule has 174 valence electrons. The number of thiol groups is 1. The first kappa shape index (κ1) is 22.2. The van der Waals surface area contributed by atoms with Crippen LogP contribution in [0.3, 0.4) is 0 Å². The van der Waals surface area contributed by atoms with E-state index in [4.69, 9.17) is 9.47 Å². The Balaban J connectivity index is 1.48. The van der Waals surface area contributed by atoms with E-state index in [0.29, 0.717) is 31.1 Å². The van der Waals surface area contributed by atoms with Crippen LogP contribution in [-0.2, 0) is 10.2 Å². The number of fused-ring (bicyclic) bond motifs is 4. The normalized spacial score (nSPS) is 22.7. The van der Waals surface area contributed by atoms with Crippen molar-refractivity contribution in [3.05, 3.63) is 59.2 Å². The third-order valence-corrected chi connectivity index (χ3v) is 7.36. The number of ether oxygens (including phenoxy) is 2. The molecule has 0 aliphatic carbocycles. The van der Waals surface area contributed by atoms with Crippen LogP contribution < -0.4 is 19.9 Å². The molecular formula is C26H31N3O3S. The number of likely N-dealkylation sites (N-methyl/N-ethyl adjacent to an activating group) is 1. The summed E-state index contributed by atoms with van der Waals surface area (Å²) in [6.45, 7) is 8.01. The molecule has 3 heterocycles. The highest BCUT2D eigenvalue weighted by Crippen LogP contribution is 2.55. The fourth-order valence-corrected chi connectivity index (χ4v) is 5.38. The van der Waals surface area contributed by atoms with Gasteiger partial charge in [0.2, 0.25) is 0 Å². The molecule has 0 saturated carbocycles. The van der Waals surface area contributed by atoms with E-state index < -0.39 is 5.72 Å². The summed E-state index contributed by atoms with van der Waals surface area (Å²) >= 11 is 4.18. The number of rotatable bonds is 5. The molecule has 1 N–H and O–H groups in total. The van der Waals surface area contributed by atoms with Gasteiger partial charge in [-0.05, 0) is 47.5 Å². The predicted octanol–water partition coefficient (Wildman–Crippen LogP) is 3.71. The molecule has 0 radical (unpaired) electrons. The first-order chi connectivity index (χ1) is 15.9. The SMILES string of the molecule is CN1CCOc2cc(/C=C/C34OCCN3c3ccc(C(=O)NCCS)cc3C4(C)C)ccc21. The summed E-state index contributed by atoms with van der Waals surface area (Å²) in [6, 6.07) is 12.3. The minimum Gasteiger partial charge on any atom is -0.490 e. The second kappa shape index (κ2) is 8.29. The second-order valence-electron chi connectivity index (χ2n) is 9.36. The molecule has 1 fully saturated rings. The summed E-state index contributed by atoms with van der Waals surface area (Å²) in [5.74, 6) is 1.46. The van der Waals surface area contributed by atoms with Gasteiger partial charge in [0.15, 0.2) is 5.72 Å². The number of anilines is 2. The number of carbonyl (C=O) groups is 1. The minimum absolute atomic E-state index is 0.0701. The van der Waals surface area contributed by atoms with Crippen molar-refractivity contribution < 1.29 is 14.3 Å². The summed E-state index contributed by atoms with van der Waals surface area (Å²) in [5.41, 5.74) is 4.16. The van der Waals surface area contributed by atoms with Crippen LogP contribution in [0.2, 0.25) is 0 Å². The van der Waals surface area contributed by atoms with E-state index in [1.165, 1.54) is 0 Å². The monoisotopic (exact) mass is 465 g/mol. The Morgan fingerprint density at radius 2 is 1.97 bits per heavy atom. The van der Waals surface area contributed by atoms with Crippen molar-refractivity contribution in [1.82, 2.24) is 5.32 Å². The summed E-state index contributed by atoms with van der Waals surface area (Å²) in [7, 11) is 2.09. The number of hydrogen-bond donors (Lipinski definition) is 2. The molecule has 2 aromatic rings. The average molecular weight is 466 g/mol. The van der Waals surface area contributed by atoms with Gasteiger partial charge in [-0.1, -0.05) is 26.0 Å². The Morgan fingerprint density at radius 1 is 1.15 bits per heavy atom. The fourth-order valence-electron chi connectivity index (χ4n) is 5.27. The van der Waals surface area contributed by atoms with Gasteiger partial charge in [0.1, 0.15) is 12.4 Å². The van der Waals surface area contributed by atoms with Crippen LogP contribution in [0.4, 0.5) is 11.4 Å². The minimum atomic E-state index is -0.608. The van der Waals surface area contributed by atoms with Gasteiger partial charge in [-0.25, -0.2) is 0 Å². The van der Waals surface area contributed by atoms with Crippen molar-refractivity contribution >= 4 is 36.0 Å². The summed E-state index contributed by atoms with van der Waals surface area (Å²) in [6.07, 6.45) is 4.30. The lowest BCUT2D eigenvalue weighted by atomic mass is 9.77. The van der Waals surface area contributed by atoms with Crippen molar-refractivity contribution in [2.24, 2.45) is 0 Å². The van der Waals surface area contributed by atoms with Gasteiger partial charge >= 0.3 is 0 Å². The van der Waals surface area contributed by atoms with Crippen molar-refractivity contribution in [2.75, 3.05) is 55.4 Å². The van der Waals surface area contributed by atoms with Crippen LogP contribution in [0.5, 0.6) is 5.75 Å². The van der Waals surface area contributed by atoms with E-state index in [1.807, 2.05) is 12.1 Å². The molecule has 0 spiro atoms. The molecule has 1 amide bonds. The lowest BCUT2D eigenvalue weighted by molar-refractivity contribution is 0.000320. The largest absolute Gasteiger partial charge is 0.490 e. The number of hydrogen-bond acceptors (Lipinski definition) is 6. The molecule has 7 heteroatoms. The molecule has 0 bridgehead atoms. The predicted molar refractivity (Wildman–Crippen MR) is 136 cm³/mol. The molecular weight excluding hydrogens is 434 g/mol. The molecule has 33 heavy (non-hydrogen) atoms. The molecule has 3 aliphatic rings. The van der Waals surface area contributed by atoms with E-state index >= 15 is 0 Å². The van der Waals surface area contributed by atoms with Gasteiger partial charge in [-0.2, -0.15) is 12.6 Å². The third kappa shape index (κ3) is 3.49. The molecule has 2 aromatic carbocycles. The van der Waals surface area contributed by atoms with Crippen LogP contribution in [0.1, 0.15) is 35.3 Å². The Kier molecular flexibility index (Phi) is 5.57. The van der Waals surface area contributed by atoms with Gasteiger partial charge < -0.3 is 24.6 Å². The smallest absolute Gasteiger partial charge is 0.251 e. The number of carbonyl (C=O) groups excluding carboxylic acids is 1. The topological polar surface area (TPSA) is 54.0 Å². The van der Waals surface area contributed by atoms with Gasteiger partial charge in [0.05, 0.1) is 18.8 Å². The van der Waals surface area contributed by atoms with Crippen LogP contribution in [0.15, 0.2) is 42.5 Å².